The lowest BCUT2D eigenvalue weighted by Gasteiger charge is -2.10. The third kappa shape index (κ3) is 3.92. The van der Waals surface area contributed by atoms with Crippen molar-refractivity contribution < 1.29 is 23.7 Å². The lowest BCUT2D eigenvalue weighted by molar-refractivity contribution is 0.0387. The van der Waals surface area contributed by atoms with Crippen molar-refractivity contribution in [1.82, 2.24) is 0 Å². The van der Waals surface area contributed by atoms with Crippen molar-refractivity contribution in [3.05, 3.63) is 23.8 Å². The highest BCUT2D eigenvalue weighted by atomic mass is 16.6. The van der Waals surface area contributed by atoms with Crippen LogP contribution in [0.25, 0.3) is 0 Å². The normalized spacial score (nSPS) is 9.94. The Morgan fingerprint density at radius 2 is 1.94 bits per heavy atom. The van der Waals surface area contributed by atoms with E-state index in [0.29, 0.717) is 30.3 Å². The molecule has 1 aromatic carbocycles. The molecule has 1 aromatic rings. The van der Waals surface area contributed by atoms with Crippen molar-refractivity contribution in [2.45, 2.75) is 6.92 Å². The molecule has 0 saturated carbocycles. The smallest absolute Gasteiger partial charge is 0.338 e. The zero-order chi connectivity index (χ0) is 13.4. The quantitative estimate of drug-likeness (QED) is 0.549. The Morgan fingerprint density at radius 1 is 1.17 bits per heavy atom. The Balaban J connectivity index is 2.76. The van der Waals surface area contributed by atoms with Gasteiger partial charge in [-0.05, 0) is 25.1 Å². The number of hydrogen-bond acceptors (Lipinski definition) is 5. The molecule has 0 aromatic heterocycles. The minimum Gasteiger partial charge on any atom is -0.493 e. The van der Waals surface area contributed by atoms with Gasteiger partial charge < -0.3 is 18.9 Å². The molecular formula is C13H18O5. The fourth-order valence-electron chi connectivity index (χ4n) is 1.37. The van der Waals surface area contributed by atoms with Gasteiger partial charge in [0.05, 0.1) is 25.9 Å². The van der Waals surface area contributed by atoms with Crippen LogP contribution in [-0.2, 0) is 9.47 Å². The summed E-state index contributed by atoms with van der Waals surface area (Å²) in [6.45, 7) is 2.97. The Morgan fingerprint density at radius 3 is 2.56 bits per heavy atom. The van der Waals surface area contributed by atoms with Gasteiger partial charge in [0.25, 0.3) is 0 Å². The fraction of sp³-hybridized carbons (Fsp3) is 0.462. The number of rotatable bonds is 7. The van der Waals surface area contributed by atoms with E-state index in [1.807, 2.05) is 6.92 Å². The van der Waals surface area contributed by atoms with Gasteiger partial charge in [0.1, 0.15) is 6.61 Å². The van der Waals surface area contributed by atoms with Gasteiger partial charge in [-0.15, -0.1) is 0 Å². The topological polar surface area (TPSA) is 54.0 Å². The molecule has 0 heterocycles. The van der Waals surface area contributed by atoms with E-state index in [-0.39, 0.29) is 6.61 Å². The van der Waals surface area contributed by atoms with Crippen LogP contribution < -0.4 is 9.47 Å². The number of hydrogen-bond donors (Lipinski definition) is 0. The highest BCUT2D eigenvalue weighted by molar-refractivity contribution is 5.90. The maximum atomic E-state index is 11.7. The Labute approximate surface area is 107 Å². The van der Waals surface area contributed by atoms with Crippen molar-refractivity contribution in [2.24, 2.45) is 0 Å². The third-order valence-electron chi connectivity index (χ3n) is 2.22. The van der Waals surface area contributed by atoms with Crippen LogP contribution in [0, 0.1) is 0 Å². The number of esters is 1. The van der Waals surface area contributed by atoms with Crippen LogP contribution >= 0.6 is 0 Å². The number of benzene rings is 1. The molecule has 0 saturated heterocycles. The van der Waals surface area contributed by atoms with E-state index in [1.54, 1.807) is 32.4 Å². The lowest BCUT2D eigenvalue weighted by atomic mass is 10.2. The molecule has 1 rings (SSSR count). The van der Waals surface area contributed by atoms with E-state index in [2.05, 4.69) is 0 Å². The average molecular weight is 254 g/mol. The van der Waals surface area contributed by atoms with E-state index in [1.165, 1.54) is 0 Å². The molecule has 0 radical (unpaired) electrons. The predicted molar refractivity (Wildman–Crippen MR) is 66.3 cm³/mol. The number of carbonyl (C=O) groups excluding carboxylic acids is 1. The summed E-state index contributed by atoms with van der Waals surface area (Å²) in [4.78, 5) is 11.7. The molecule has 0 unspecified atom stereocenters. The van der Waals surface area contributed by atoms with E-state index in [0.717, 1.165) is 0 Å². The molecule has 0 aliphatic rings. The molecule has 0 spiro atoms. The summed E-state index contributed by atoms with van der Waals surface area (Å²) >= 11 is 0. The first-order valence-electron chi connectivity index (χ1n) is 5.69. The number of ether oxygens (including phenoxy) is 4. The third-order valence-corrected chi connectivity index (χ3v) is 2.22. The number of carbonyl (C=O) groups is 1. The first-order valence-corrected chi connectivity index (χ1v) is 5.69. The van der Waals surface area contributed by atoms with Gasteiger partial charge in [-0.25, -0.2) is 4.79 Å². The monoisotopic (exact) mass is 254 g/mol. The fourth-order valence-corrected chi connectivity index (χ4v) is 1.37. The molecule has 0 aliphatic carbocycles. The van der Waals surface area contributed by atoms with Crippen LogP contribution in [0.1, 0.15) is 17.3 Å². The average Bonchev–Trinajstić information content (AvgIpc) is 2.39. The molecule has 0 N–H and O–H groups in total. The van der Waals surface area contributed by atoms with Gasteiger partial charge in [0.2, 0.25) is 0 Å². The van der Waals surface area contributed by atoms with E-state index in [9.17, 15) is 4.79 Å². The zero-order valence-electron chi connectivity index (χ0n) is 10.9. The van der Waals surface area contributed by atoms with E-state index < -0.39 is 5.97 Å². The summed E-state index contributed by atoms with van der Waals surface area (Å²) in [5.41, 5.74) is 0.426. The SMILES string of the molecule is CCOc1cc(C(=O)OCCOC)ccc1OC. The molecule has 0 amide bonds. The molecule has 0 fully saturated rings. The summed E-state index contributed by atoms with van der Waals surface area (Å²) < 4.78 is 20.3. The van der Waals surface area contributed by atoms with Crippen LogP contribution in [0.3, 0.4) is 0 Å². The van der Waals surface area contributed by atoms with Crippen LogP contribution in [0.4, 0.5) is 0 Å². The highest BCUT2D eigenvalue weighted by Crippen LogP contribution is 2.28. The molecule has 0 aliphatic heterocycles. The maximum Gasteiger partial charge on any atom is 0.338 e. The van der Waals surface area contributed by atoms with Crippen LogP contribution in [-0.4, -0.2) is 40.0 Å². The second-order valence-electron chi connectivity index (χ2n) is 3.43. The van der Waals surface area contributed by atoms with E-state index >= 15 is 0 Å². The minimum absolute atomic E-state index is 0.228. The molecular weight excluding hydrogens is 236 g/mol. The predicted octanol–water partition coefficient (Wildman–Crippen LogP) is 1.90. The van der Waals surface area contributed by atoms with Crippen molar-refractivity contribution in [1.29, 1.82) is 0 Å². The second kappa shape index (κ2) is 7.55. The summed E-state index contributed by atoms with van der Waals surface area (Å²) in [5.74, 6) is 0.710. The largest absolute Gasteiger partial charge is 0.493 e. The number of methoxy groups -OCH3 is 2. The van der Waals surface area contributed by atoms with Crippen molar-refractivity contribution in [3.8, 4) is 11.5 Å². The highest BCUT2D eigenvalue weighted by Gasteiger charge is 2.11. The molecule has 5 heteroatoms. The van der Waals surface area contributed by atoms with Gasteiger partial charge in [0, 0.05) is 7.11 Å². The van der Waals surface area contributed by atoms with Crippen LogP contribution in [0.2, 0.25) is 0 Å². The standard InChI is InChI=1S/C13H18O5/c1-4-17-12-9-10(5-6-11(12)16-3)13(14)18-8-7-15-2/h5-6,9H,4,7-8H2,1-3H3. The van der Waals surface area contributed by atoms with E-state index in [4.69, 9.17) is 18.9 Å². The first-order chi connectivity index (χ1) is 8.72. The summed E-state index contributed by atoms with van der Waals surface area (Å²) in [6.07, 6.45) is 0. The van der Waals surface area contributed by atoms with Crippen molar-refractivity contribution in [3.63, 3.8) is 0 Å². The lowest BCUT2D eigenvalue weighted by Crippen LogP contribution is -2.10. The van der Waals surface area contributed by atoms with Crippen LogP contribution in [0.5, 0.6) is 11.5 Å². The zero-order valence-corrected chi connectivity index (χ0v) is 10.9. The van der Waals surface area contributed by atoms with Gasteiger partial charge in [-0.3, -0.25) is 0 Å². The minimum atomic E-state index is -0.407. The molecule has 5 nitrogen and oxygen atoms in total. The Kier molecular flexibility index (Phi) is 6.00. The second-order valence-corrected chi connectivity index (χ2v) is 3.43. The molecule has 0 atom stereocenters. The molecule has 100 valence electrons. The van der Waals surface area contributed by atoms with Crippen LogP contribution in [0.15, 0.2) is 18.2 Å². The van der Waals surface area contributed by atoms with Gasteiger partial charge in [-0.2, -0.15) is 0 Å². The van der Waals surface area contributed by atoms with Crippen molar-refractivity contribution >= 4 is 5.97 Å². The van der Waals surface area contributed by atoms with Gasteiger partial charge >= 0.3 is 5.97 Å². The summed E-state index contributed by atoms with van der Waals surface area (Å²) in [5, 5.41) is 0. The Hall–Kier alpha value is -1.75. The van der Waals surface area contributed by atoms with Gasteiger partial charge in [0.15, 0.2) is 11.5 Å². The summed E-state index contributed by atoms with van der Waals surface area (Å²) in [6, 6.07) is 4.92. The first kappa shape index (κ1) is 14.3. The summed E-state index contributed by atoms with van der Waals surface area (Å²) in [7, 11) is 3.10. The molecule has 18 heavy (non-hydrogen) atoms. The Bertz CT molecular complexity index is 389. The molecule has 0 bridgehead atoms. The van der Waals surface area contributed by atoms with Crippen molar-refractivity contribution in [2.75, 3.05) is 34.0 Å². The van der Waals surface area contributed by atoms with Gasteiger partial charge in [-0.1, -0.05) is 0 Å². The maximum absolute atomic E-state index is 11.7.